The molecule has 1 atom stereocenters. The van der Waals surface area contributed by atoms with Crippen LogP contribution in [0.3, 0.4) is 0 Å². The summed E-state index contributed by atoms with van der Waals surface area (Å²) in [5, 5.41) is 20.6. The van der Waals surface area contributed by atoms with E-state index in [2.05, 4.69) is 5.32 Å². The summed E-state index contributed by atoms with van der Waals surface area (Å²) in [7, 11) is 0. The molecule has 0 saturated heterocycles. The van der Waals surface area contributed by atoms with Gasteiger partial charge >= 0.3 is 0 Å². The number of hydrogen-bond donors (Lipinski definition) is 3. The smallest absolute Gasteiger partial charge is 0.253 e. The van der Waals surface area contributed by atoms with Gasteiger partial charge in [-0.25, -0.2) is 4.39 Å². The molecule has 0 aliphatic heterocycles. The highest BCUT2D eigenvalue weighted by molar-refractivity contribution is 5.95. The first-order valence-electron chi connectivity index (χ1n) is 6.96. The number of benzene rings is 1. The van der Waals surface area contributed by atoms with Gasteiger partial charge in [0.05, 0.1) is 18.3 Å². The average molecular weight is 306 g/mol. The van der Waals surface area contributed by atoms with E-state index in [-0.39, 0.29) is 18.3 Å². The molecule has 1 aromatic heterocycles. The van der Waals surface area contributed by atoms with Gasteiger partial charge in [-0.3, -0.25) is 4.79 Å². The molecule has 0 aliphatic rings. The first kappa shape index (κ1) is 16.2. The van der Waals surface area contributed by atoms with Crippen LogP contribution in [-0.4, -0.2) is 39.9 Å². The molecule has 5 nitrogen and oxygen atoms in total. The van der Waals surface area contributed by atoms with Crippen molar-refractivity contribution in [3.05, 3.63) is 53.1 Å². The van der Waals surface area contributed by atoms with Gasteiger partial charge in [-0.05, 0) is 44.2 Å². The van der Waals surface area contributed by atoms with Crippen LogP contribution in [0.1, 0.15) is 21.7 Å². The number of carbonyl (C=O) groups is 1. The summed E-state index contributed by atoms with van der Waals surface area (Å²) < 4.78 is 14.9. The highest BCUT2D eigenvalue weighted by Gasteiger charge is 2.17. The van der Waals surface area contributed by atoms with Gasteiger partial charge in [0.15, 0.2) is 0 Å². The van der Waals surface area contributed by atoms with Gasteiger partial charge in [-0.2, -0.15) is 0 Å². The summed E-state index contributed by atoms with van der Waals surface area (Å²) in [6, 6.07) is 7.76. The van der Waals surface area contributed by atoms with E-state index >= 15 is 0 Å². The molecule has 2 rings (SSSR count). The molecule has 0 radical (unpaired) electrons. The lowest BCUT2D eigenvalue weighted by Gasteiger charge is -2.11. The Hall–Kier alpha value is -2.18. The number of amides is 1. The van der Waals surface area contributed by atoms with Crippen molar-refractivity contribution in [2.24, 2.45) is 0 Å². The molecule has 1 heterocycles. The normalized spacial score (nSPS) is 12.2. The van der Waals surface area contributed by atoms with Crippen LogP contribution in [0.15, 0.2) is 30.3 Å². The topological polar surface area (TPSA) is 74.5 Å². The van der Waals surface area contributed by atoms with Gasteiger partial charge in [0.1, 0.15) is 5.82 Å². The number of aryl methyl sites for hydroxylation is 1. The Morgan fingerprint density at radius 2 is 1.95 bits per heavy atom. The predicted octanol–water partition coefficient (Wildman–Crippen LogP) is 1.32. The van der Waals surface area contributed by atoms with Gasteiger partial charge in [0.2, 0.25) is 0 Å². The summed E-state index contributed by atoms with van der Waals surface area (Å²) >= 11 is 0. The molecular weight excluding hydrogens is 287 g/mol. The van der Waals surface area contributed by atoms with Crippen LogP contribution in [0, 0.1) is 19.7 Å². The molecule has 6 heteroatoms. The molecule has 2 aromatic rings. The van der Waals surface area contributed by atoms with Gasteiger partial charge in [0.25, 0.3) is 5.91 Å². The summed E-state index contributed by atoms with van der Waals surface area (Å²) in [6.45, 7) is 3.23. The fourth-order valence-corrected chi connectivity index (χ4v) is 2.35. The first-order chi connectivity index (χ1) is 10.4. The zero-order chi connectivity index (χ0) is 16.3. The Kier molecular flexibility index (Phi) is 4.95. The van der Waals surface area contributed by atoms with Gasteiger partial charge in [-0.15, -0.1) is 0 Å². The third-order valence-corrected chi connectivity index (χ3v) is 3.47. The molecule has 0 saturated carbocycles. The lowest BCUT2D eigenvalue weighted by atomic mass is 10.2. The van der Waals surface area contributed by atoms with Crippen LogP contribution >= 0.6 is 0 Å². The number of aliphatic hydroxyl groups is 2. The predicted molar refractivity (Wildman–Crippen MR) is 80.6 cm³/mol. The Labute approximate surface area is 128 Å². The van der Waals surface area contributed by atoms with Crippen molar-refractivity contribution < 1.29 is 19.4 Å². The molecule has 0 spiro atoms. The van der Waals surface area contributed by atoms with Crippen LogP contribution in [0.25, 0.3) is 5.69 Å². The number of carbonyl (C=O) groups excluding carboxylic acids is 1. The summed E-state index contributed by atoms with van der Waals surface area (Å²) in [4.78, 5) is 12.2. The van der Waals surface area contributed by atoms with Crippen molar-refractivity contribution in [1.82, 2.24) is 9.88 Å². The Morgan fingerprint density at radius 3 is 2.55 bits per heavy atom. The number of rotatable bonds is 5. The molecule has 118 valence electrons. The first-order valence-corrected chi connectivity index (χ1v) is 6.96. The van der Waals surface area contributed by atoms with E-state index in [0.717, 1.165) is 17.1 Å². The van der Waals surface area contributed by atoms with E-state index in [1.165, 1.54) is 12.1 Å². The lowest BCUT2D eigenvalue weighted by Crippen LogP contribution is -2.34. The molecule has 22 heavy (non-hydrogen) atoms. The molecule has 0 unspecified atom stereocenters. The number of nitrogens with zero attached hydrogens (tertiary/aromatic N) is 1. The van der Waals surface area contributed by atoms with Crippen LogP contribution in [0.5, 0.6) is 0 Å². The fraction of sp³-hybridized carbons (Fsp3) is 0.312. The maximum atomic E-state index is 13.0. The maximum Gasteiger partial charge on any atom is 0.253 e. The summed E-state index contributed by atoms with van der Waals surface area (Å²) in [6.07, 6.45) is -0.982. The largest absolute Gasteiger partial charge is 0.394 e. The second kappa shape index (κ2) is 6.72. The Morgan fingerprint density at radius 1 is 1.32 bits per heavy atom. The number of halogens is 1. The van der Waals surface area contributed by atoms with Crippen LogP contribution in [0.4, 0.5) is 4.39 Å². The minimum atomic E-state index is -0.982. The molecule has 0 bridgehead atoms. The Balaban J connectivity index is 2.27. The number of hydrogen-bond acceptors (Lipinski definition) is 3. The summed E-state index contributed by atoms with van der Waals surface area (Å²) in [5.74, 6) is -0.642. The SMILES string of the molecule is Cc1cc(C(=O)NC[C@H](O)CO)c(C)n1-c1ccc(F)cc1. The number of aliphatic hydroxyl groups excluding tert-OH is 2. The van der Waals surface area contributed by atoms with E-state index in [9.17, 15) is 14.3 Å². The van der Waals surface area contributed by atoms with Crippen LogP contribution < -0.4 is 5.32 Å². The minimum absolute atomic E-state index is 0.0183. The average Bonchev–Trinajstić information content (AvgIpc) is 2.80. The molecule has 1 amide bonds. The van der Waals surface area contributed by atoms with Gasteiger partial charge < -0.3 is 20.1 Å². The van der Waals surface area contributed by atoms with E-state index in [4.69, 9.17) is 5.11 Å². The number of nitrogens with one attached hydrogen (secondary N) is 1. The molecule has 0 aliphatic carbocycles. The minimum Gasteiger partial charge on any atom is -0.394 e. The fourth-order valence-electron chi connectivity index (χ4n) is 2.35. The third-order valence-electron chi connectivity index (χ3n) is 3.47. The van der Waals surface area contributed by atoms with Crippen LogP contribution in [0.2, 0.25) is 0 Å². The highest BCUT2D eigenvalue weighted by Crippen LogP contribution is 2.21. The van der Waals surface area contributed by atoms with Crippen molar-refractivity contribution in [1.29, 1.82) is 0 Å². The molecule has 3 N–H and O–H groups in total. The van der Waals surface area contributed by atoms with Crippen molar-refractivity contribution >= 4 is 5.91 Å². The second-order valence-corrected chi connectivity index (χ2v) is 5.14. The zero-order valence-electron chi connectivity index (χ0n) is 12.5. The van der Waals surface area contributed by atoms with E-state index < -0.39 is 12.7 Å². The monoisotopic (exact) mass is 306 g/mol. The van der Waals surface area contributed by atoms with Crippen molar-refractivity contribution in [3.8, 4) is 5.69 Å². The standard InChI is InChI=1S/C16H19FN2O3/c1-10-7-15(16(22)18-8-14(21)9-20)11(2)19(10)13-5-3-12(17)4-6-13/h3-7,14,20-21H,8-9H2,1-2H3,(H,18,22)/t14-/m0/s1. The summed E-state index contributed by atoms with van der Waals surface area (Å²) in [5.41, 5.74) is 2.81. The maximum absolute atomic E-state index is 13.0. The number of aromatic nitrogens is 1. The van der Waals surface area contributed by atoms with E-state index in [0.29, 0.717) is 5.56 Å². The lowest BCUT2D eigenvalue weighted by molar-refractivity contribution is 0.0801. The van der Waals surface area contributed by atoms with Crippen molar-refractivity contribution in [3.63, 3.8) is 0 Å². The zero-order valence-corrected chi connectivity index (χ0v) is 12.5. The van der Waals surface area contributed by atoms with Crippen LogP contribution in [-0.2, 0) is 0 Å². The quantitative estimate of drug-likeness (QED) is 0.780. The Bertz CT molecular complexity index is 665. The molecular formula is C16H19FN2O3. The van der Waals surface area contributed by atoms with Crippen molar-refractivity contribution in [2.75, 3.05) is 13.2 Å². The highest BCUT2D eigenvalue weighted by atomic mass is 19.1. The molecule has 1 aromatic carbocycles. The van der Waals surface area contributed by atoms with Gasteiger partial charge in [0, 0.05) is 23.6 Å². The second-order valence-electron chi connectivity index (χ2n) is 5.14. The third kappa shape index (κ3) is 3.35. The molecule has 0 fully saturated rings. The van der Waals surface area contributed by atoms with Crippen molar-refractivity contribution in [2.45, 2.75) is 20.0 Å². The van der Waals surface area contributed by atoms with E-state index in [1.807, 2.05) is 11.5 Å². The van der Waals surface area contributed by atoms with E-state index in [1.54, 1.807) is 25.1 Å². The van der Waals surface area contributed by atoms with Gasteiger partial charge in [-0.1, -0.05) is 0 Å².